The predicted octanol–water partition coefficient (Wildman–Crippen LogP) is 1.86. The van der Waals surface area contributed by atoms with E-state index in [1.807, 2.05) is 19.1 Å². The summed E-state index contributed by atoms with van der Waals surface area (Å²) < 4.78 is 0. The molecule has 1 aliphatic rings. The first kappa shape index (κ1) is 12.7. The molecule has 1 aromatic heterocycles. The fourth-order valence-corrected chi connectivity index (χ4v) is 2.55. The molecular formula is C13H20N4O. The number of pyridine rings is 1. The summed E-state index contributed by atoms with van der Waals surface area (Å²) in [6.07, 6.45) is 3.44. The fourth-order valence-electron chi connectivity index (χ4n) is 2.55. The Labute approximate surface area is 107 Å². The van der Waals surface area contributed by atoms with Crippen molar-refractivity contribution in [2.75, 3.05) is 11.4 Å². The van der Waals surface area contributed by atoms with E-state index in [1.165, 1.54) is 12.8 Å². The first-order valence-electron chi connectivity index (χ1n) is 6.39. The number of hydrogen-bond acceptors (Lipinski definition) is 4. The first-order chi connectivity index (χ1) is 8.67. The molecule has 0 aliphatic carbocycles. The van der Waals surface area contributed by atoms with E-state index in [4.69, 9.17) is 10.9 Å². The second kappa shape index (κ2) is 5.25. The van der Waals surface area contributed by atoms with Gasteiger partial charge in [-0.25, -0.2) is 4.98 Å². The third-order valence-electron chi connectivity index (χ3n) is 3.52. The van der Waals surface area contributed by atoms with Gasteiger partial charge in [-0.05, 0) is 38.3 Å². The Balaban J connectivity index is 2.44. The van der Waals surface area contributed by atoms with Crippen LogP contribution in [0.1, 0.15) is 37.4 Å². The van der Waals surface area contributed by atoms with E-state index in [-0.39, 0.29) is 5.84 Å². The van der Waals surface area contributed by atoms with Crippen LogP contribution < -0.4 is 10.6 Å². The quantitative estimate of drug-likeness (QED) is 0.370. The van der Waals surface area contributed by atoms with Gasteiger partial charge in [0.2, 0.25) is 0 Å². The van der Waals surface area contributed by atoms with E-state index in [1.54, 1.807) is 0 Å². The molecule has 0 amide bonds. The maximum absolute atomic E-state index is 8.86. The average molecular weight is 248 g/mol. The lowest BCUT2D eigenvalue weighted by atomic mass is 10.1. The SMILES string of the molecule is CCC1CCCN1c1nc(C)ccc1C(N)=NO. The Bertz CT molecular complexity index is 458. The molecule has 18 heavy (non-hydrogen) atoms. The highest BCUT2D eigenvalue weighted by molar-refractivity contribution is 6.01. The minimum absolute atomic E-state index is 0.124. The summed E-state index contributed by atoms with van der Waals surface area (Å²) in [7, 11) is 0. The van der Waals surface area contributed by atoms with Gasteiger partial charge in [0.25, 0.3) is 0 Å². The van der Waals surface area contributed by atoms with Crippen molar-refractivity contribution >= 4 is 11.7 Å². The van der Waals surface area contributed by atoms with Gasteiger partial charge >= 0.3 is 0 Å². The van der Waals surface area contributed by atoms with Gasteiger partial charge in [-0.15, -0.1) is 0 Å². The van der Waals surface area contributed by atoms with E-state index < -0.39 is 0 Å². The molecule has 1 aromatic rings. The van der Waals surface area contributed by atoms with Crippen LogP contribution >= 0.6 is 0 Å². The van der Waals surface area contributed by atoms with Crippen LogP contribution in [0.4, 0.5) is 5.82 Å². The number of aryl methyl sites for hydroxylation is 1. The van der Waals surface area contributed by atoms with Crippen LogP contribution in [-0.4, -0.2) is 28.6 Å². The molecule has 0 spiro atoms. The number of oxime groups is 1. The molecule has 0 radical (unpaired) electrons. The van der Waals surface area contributed by atoms with Crippen LogP contribution in [0.3, 0.4) is 0 Å². The van der Waals surface area contributed by atoms with E-state index in [0.29, 0.717) is 11.6 Å². The van der Waals surface area contributed by atoms with Crippen molar-refractivity contribution in [3.63, 3.8) is 0 Å². The second-order valence-electron chi connectivity index (χ2n) is 4.71. The molecule has 3 N–H and O–H groups in total. The van der Waals surface area contributed by atoms with Gasteiger partial charge in [-0.3, -0.25) is 0 Å². The maximum Gasteiger partial charge on any atom is 0.173 e. The molecule has 0 saturated carbocycles. The van der Waals surface area contributed by atoms with Gasteiger partial charge in [0.1, 0.15) is 5.82 Å². The van der Waals surface area contributed by atoms with E-state index in [2.05, 4.69) is 22.0 Å². The number of amidine groups is 1. The fraction of sp³-hybridized carbons (Fsp3) is 0.538. The van der Waals surface area contributed by atoms with Gasteiger partial charge in [0.05, 0.1) is 5.56 Å². The standard InChI is InChI=1S/C13H20N4O/c1-3-10-5-4-8-17(10)13-11(12(14)16-18)7-6-9(2)15-13/h6-7,10,18H,3-5,8H2,1-2H3,(H2,14,16). The van der Waals surface area contributed by atoms with Crippen molar-refractivity contribution in [3.8, 4) is 0 Å². The summed E-state index contributed by atoms with van der Waals surface area (Å²) in [5, 5.41) is 12.0. The van der Waals surface area contributed by atoms with Crippen molar-refractivity contribution in [1.29, 1.82) is 0 Å². The van der Waals surface area contributed by atoms with Crippen LogP contribution in [0, 0.1) is 6.92 Å². The Morgan fingerprint density at radius 2 is 2.39 bits per heavy atom. The summed E-state index contributed by atoms with van der Waals surface area (Å²) in [4.78, 5) is 6.85. The third-order valence-corrected chi connectivity index (χ3v) is 3.52. The Morgan fingerprint density at radius 1 is 1.61 bits per heavy atom. The molecule has 2 rings (SSSR count). The molecule has 1 unspecified atom stereocenters. The molecular weight excluding hydrogens is 228 g/mol. The second-order valence-corrected chi connectivity index (χ2v) is 4.71. The zero-order chi connectivity index (χ0) is 13.1. The van der Waals surface area contributed by atoms with Crippen molar-refractivity contribution in [2.24, 2.45) is 10.9 Å². The van der Waals surface area contributed by atoms with Gasteiger partial charge in [0.15, 0.2) is 5.84 Å². The first-order valence-corrected chi connectivity index (χ1v) is 6.39. The lowest BCUT2D eigenvalue weighted by Crippen LogP contribution is -2.32. The maximum atomic E-state index is 8.86. The van der Waals surface area contributed by atoms with Crippen LogP contribution in [0.2, 0.25) is 0 Å². The molecule has 5 heteroatoms. The van der Waals surface area contributed by atoms with Crippen LogP contribution in [0.25, 0.3) is 0 Å². The molecule has 0 bridgehead atoms. The summed E-state index contributed by atoms with van der Waals surface area (Å²) in [6.45, 7) is 5.12. The molecule has 98 valence electrons. The molecule has 1 fully saturated rings. The van der Waals surface area contributed by atoms with Crippen molar-refractivity contribution in [1.82, 2.24) is 4.98 Å². The lowest BCUT2D eigenvalue weighted by Gasteiger charge is -2.26. The number of nitrogens with two attached hydrogens (primary N) is 1. The summed E-state index contributed by atoms with van der Waals surface area (Å²) in [5.74, 6) is 0.967. The highest BCUT2D eigenvalue weighted by Crippen LogP contribution is 2.28. The normalized spacial score (nSPS) is 20.4. The molecule has 2 heterocycles. The van der Waals surface area contributed by atoms with Gasteiger partial charge in [0, 0.05) is 18.3 Å². The minimum atomic E-state index is 0.124. The minimum Gasteiger partial charge on any atom is -0.409 e. The molecule has 1 saturated heterocycles. The highest BCUT2D eigenvalue weighted by Gasteiger charge is 2.26. The zero-order valence-corrected chi connectivity index (χ0v) is 10.9. The van der Waals surface area contributed by atoms with E-state index in [9.17, 15) is 0 Å². The number of aromatic nitrogens is 1. The number of rotatable bonds is 3. The van der Waals surface area contributed by atoms with Gasteiger partial charge < -0.3 is 15.8 Å². The largest absolute Gasteiger partial charge is 0.409 e. The van der Waals surface area contributed by atoms with Gasteiger partial charge in [-0.1, -0.05) is 12.1 Å². The van der Waals surface area contributed by atoms with Gasteiger partial charge in [-0.2, -0.15) is 0 Å². The van der Waals surface area contributed by atoms with Crippen LogP contribution in [0.5, 0.6) is 0 Å². The average Bonchev–Trinajstić information content (AvgIpc) is 2.85. The third kappa shape index (κ3) is 2.25. The summed E-state index contributed by atoms with van der Waals surface area (Å²) in [5.41, 5.74) is 7.39. The summed E-state index contributed by atoms with van der Waals surface area (Å²) in [6, 6.07) is 4.26. The van der Waals surface area contributed by atoms with Crippen LogP contribution in [-0.2, 0) is 0 Å². The summed E-state index contributed by atoms with van der Waals surface area (Å²) >= 11 is 0. The highest BCUT2D eigenvalue weighted by atomic mass is 16.4. The van der Waals surface area contributed by atoms with E-state index in [0.717, 1.165) is 24.5 Å². The van der Waals surface area contributed by atoms with Crippen molar-refractivity contribution in [3.05, 3.63) is 23.4 Å². The van der Waals surface area contributed by atoms with E-state index >= 15 is 0 Å². The molecule has 1 atom stereocenters. The van der Waals surface area contributed by atoms with Crippen LogP contribution in [0.15, 0.2) is 17.3 Å². The Morgan fingerprint density at radius 3 is 3.06 bits per heavy atom. The Hall–Kier alpha value is -1.78. The molecule has 5 nitrogen and oxygen atoms in total. The number of anilines is 1. The van der Waals surface area contributed by atoms with Crippen molar-refractivity contribution < 1.29 is 5.21 Å². The zero-order valence-electron chi connectivity index (χ0n) is 10.9. The molecule has 0 aromatic carbocycles. The topological polar surface area (TPSA) is 74.7 Å². The monoisotopic (exact) mass is 248 g/mol. The Kier molecular flexibility index (Phi) is 3.69. The molecule has 1 aliphatic heterocycles. The predicted molar refractivity (Wildman–Crippen MR) is 72.1 cm³/mol. The smallest absolute Gasteiger partial charge is 0.173 e. The number of hydrogen-bond donors (Lipinski definition) is 2. The van der Waals surface area contributed by atoms with Crippen molar-refractivity contribution in [2.45, 2.75) is 39.2 Å². The number of nitrogens with zero attached hydrogens (tertiary/aromatic N) is 3. The lowest BCUT2D eigenvalue weighted by molar-refractivity contribution is 0.318.